The summed E-state index contributed by atoms with van der Waals surface area (Å²) in [7, 11) is 0. The average Bonchev–Trinajstić information content (AvgIpc) is 3.34. The van der Waals surface area contributed by atoms with E-state index >= 15 is 0 Å². The number of anilines is 2. The van der Waals surface area contributed by atoms with Gasteiger partial charge in [0.15, 0.2) is 0 Å². The quantitative estimate of drug-likeness (QED) is 0.765. The van der Waals surface area contributed by atoms with E-state index in [1.54, 1.807) is 0 Å². The lowest BCUT2D eigenvalue weighted by molar-refractivity contribution is -0.138. The Morgan fingerprint density at radius 2 is 2.00 bits per heavy atom. The summed E-state index contributed by atoms with van der Waals surface area (Å²) in [5.74, 6) is -0.176. The minimum absolute atomic E-state index is 0.145. The summed E-state index contributed by atoms with van der Waals surface area (Å²) >= 11 is 0. The first-order chi connectivity index (χ1) is 11.5. The molecule has 4 nitrogen and oxygen atoms in total. The third kappa shape index (κ3) is 3.68. The van der Waals surface area contributed by atoms with Crippen molar-refractivity contribution in [2.75, 3.05) is 17.2 Å². The van der Waals surface area contributed by atoms with Crippen molar-refractivity contribution in [2.45, 2.75) is 64.3 Å². The predicted octanol–water partition coefficient (Wildman–Crippen LogP) is 4.25. The van der Waals surface area contributed by atoms with Crippen LogP contribution in [0.5, 0.6) is 0 Å². The van der Waals surface area contributed by atoms with Crippen molar-refractivity contribution in [3.8, 4) is 0 Å². The molecule has 2 unspecified atom stereocenters. The van der Waals surface area contributed by atoms with Crippen molar-refractivity contribution in [3.63, 3.8) is 0 Å². The maximum absolute atomic E-state index is 11.1. The molecule has 2 aliphatic rings. The van der Waals surface area contributed by atoms with E-state index in [1.807, 2.05) is 6.07 Å². The summed E-state index contributed by atoms with van der Waals surface area (Å²) in [6.45, 7) is 5.53. The van der Waals surface area contributed by atoms with Crippen molar-refractivity contribution >= 4 is 17.3 Å². The van der Waals surface area contributed by atoms with Crippen molar-refractivity contribution in [1.82, 2.24) is 0 Å². The normalized spacial score (nSPS) is 24.1. The molecule has 2 fully saturated rings. The number of carbonyl (C=O) groups is 1. The minimum atomic E-state index is -0.689. The fourth-order valence-corrected chi connectivity index (χ4v) is 4.13. The van der Waals surface area contributed by atoms with E-state index in [0.29, 0.717) is 12.0 Å². The molecule has 0 amide bonds. The van der Waals surface area contributed by atoms with Crippen LogP contribution in [0.15, 0.2) is 18.2 Å². The molecule has 0 aliphatic heterocycles. The minimum Gasteiger partial charge on any atom is -0.481 e. The molecule has 0 spiro atoms. The lowest BCUT2D eigenvalue weighted by Gasteiger charge is -2.38. The fraction of sp³-hybridized carbons (Fsp3) is 0.650. The zero-order valence-electron chi connectivity index (χ0n) is 14.9. The Kier molecular flexibility index (Phi) is 5.02. The van der Waals surface area contributed by atoms with Crippen LogP contribution >= 0.6 is 0 Å². The lowest BCUT2D eigenvalue weighted by atomic mass is 9.92. The van der Waals surface area contributed by atoms with Crippen LogP contribution in [0.3, 0.4) is 0 Å². The van der Waals surface area contributed by atoms with Gasteiger partial charge in [-0.15, -0.1) is 0 Å². The Balaban J connectivity index is 1.81. The molecule has 4 heteroatoms. The van der Waals surface area contributed by atoms with Crippen LogP contribution in [-0.2, 0) is 4.79 Å². The molecular formula is C20H30N2O2. The van der Waals surface area contributed by atoms with Gasteiger partial charge in [-0.05, 0) is 48.8 Å². The van der Waals surface area contributed by atoms with Crippen LogP contribution in [0.2, 0.25) is 0 Å². The second-order valence-electron chi connectivity index (χ2n) is 7.94. The molecule has 2 aliphatic carbocycles. The van der Waals surface area contributed by atoms with Gasteiger partial charge in [-0.2, -0.15) is 0 Å². The van der Waals surface area contributed by atoms with Crippen LogP contribution in [-0.4, -0.2) is 23.7 Å². The first-order valence-corrected chi connectivity index (χ1v) is 9.36. The van der Waals surface area contributed by atoms with E-state index in [1.165, 1.54) is 32.1 Å². The number of nitrogens with zero attached hydrogens (tertiary/aromatic N) is 1. The molecule has 2 atom stereocenters. The monoisotopic (exact) mass is 330 g/mol. The molecule has 0 aromatic heterocycles. The summed E-state index contributed by atoms with van der Waals surface area (Å²) in [5, 5.41) is 9.13. The van der Waals surface area contributed by atoms with Crippen LogP contribution in [0.25, 0.3) is 0 Å². The zero-order chi connectivity index (χ0) is 17.3. The molecule has 132 valence electrons. The maximum Gasteiger partial charge on any atom is 0.307 e. The summed E-state index contributed by atoms with van der Waals surface area (Å²) in [6.07, 6.45) is 7.19. The molecule has 0 bridgehead atoms. The number of carboxylic acid groups (broad SMARTS) is 1. The van der Waals surface area contributed by atoms with Crippen molar-refractivity contribution in [2.24, 2.45) is 11.8 Å². The first-order valence-electron chi connectivity index (χ1n) is 9.36. The smallest absolute Gasteiger partial charge is 0.307 e. The van der Waals surface area contributed by atoms with E-state index in [0.717, 1.165) is 29.9 Å². The Hall–Kier alpha value is -1.71. The third-order valence-corrected chi connectivity index (χ3v) is 5.47. The Morgan fingerprint density at radius 1 is 1.29 bits per heavy atom. The molecule has 3 rings (SSSR count). The summed E-state index contributed by atoms with van der Waals surface area (Å²) in [6, 6.07) is 6.81. The van der Waals surface area contributed by atoms with E-state index in [2.05, 4.69) is 30.9 Å². The Morgan fingerprint density at radius 3 is 2.54 bits per heavy atom. The van der Waals surface area contributed by atoms with E-state index in [9.17, 15) is 4.79 Å². The third-order valence-electron chi connectivity index (χ3n) is 5.47. The van der Waals surface area contributed by atoms with Crippen molar-refractivity contribution in [3.05, 3.63) is 23.8 Å². The highest BCUT2D eigenvalue weighted by Gasteiger charge is 2.44. The van der Waals surface area contributed by atoms with E-state index in [4.69, 9.17) is 10.8 Å². The van der Waals surface area contributed by atoms with Gasteiger partial charge in [0.2, 0.25) is 0 Å². The van der Waals surface area contributed by atoms with Crippen LogP contribution in [0.4, 0.5) is 11.4 Å². The van der Waals surface area contributed by atoms with Gasteiger partial charge in [0.05, 0.1) is 17.3 Å². The molecule has 0 heterocycles. The largest absolute Gasteiger partial charge is 0.481 e. The van der Waals surface area contributed by atoms with Gasteiger partial charge in [0.25, 0.3) is 0 Å². The van der Waals surface area contributed by atoms with Crippen LogP contribution < -0.4 is 10.6 Å². The van der Waals surface area contributed by atoms with Crippen LogP contribution in [0, 0.1) is 11.8 Å². The molecule has 0 radical (unpaired) electrons. The summed E-state index contributed by atoms with van der Waals surface area (Å²) in [5.41, 5.74) is 9.42. The van der Waals surface area contributed by atoms with Crippen molar-refractivity contribution < 1.29 is 9.90 Å². The highest BCUT2D eigenvalue weighted by molar-refractivity contribution is 5.76. The number of benzene rings is 1. The van der Waals surface area contributed by atoms with Gasteiger partial charge in [0, 0.05) is 12.6 Å². The molecule has 1 aromatic carbocycles. The number of nitrogen functional groups attached to an aromatic ring is 1. The Bertz CT molecular complexity index is 593. The number of hydrogen-bond donors (Lipinski definition) is 2. The molecule has 24 heavy (non-hydrogen) atoms. The lowest BCUT2D eigenvalue weighted by Crippen LogP contribution is -2.39. The second kappa shape index (κ2) is 7.04. The number of rotatable bonds is 6. The van der Waals surface area contributed by atoms with Gasteiger partial charge >= 0.3 is 5.97 Å². The molecule has 3 N–H and O–H groups in total. The second-order valence-corrected chi connectivity index (χ2v) is 7.94. The Labute approximate surface area is 145 Å². The molecule has 2 saturated carbocycles. The van der Waals surface area contributed by atoms with Gasteiger partial charge in [0.1, 0.15) is 0 Å². The zero-order valence-corrected chi connectivity index (χ0v) is 14.9. The van der Waals surface area contributed by atoms with Gasteiger partial charge in [-0.1, -0.05) is 39.2 Å². The SMILES string of the molecule is CC(C)CN(c1ccc(C2CC2C(=O)O)cc1N)C1CCCCC1. The van der Waals surface area contributed by atoms with E-state index < -0.39 is 5.97 Å². The van der Waals surface area contributed by atoms with Crippen molar-refractivity contribution in [1.29, 1.82) is 0 Å². The summed E-state index contributed by atoms with van der Waals surface area (Å²) in [4.78, 5) is 13.6. The number of carboxylic acids is 1. The molecular weight excluding hydrogens is 300 g/mol. The highest BCUT2D eigenvalue weighted by atomic mass is 16.4. The number of hydrogen-bond acceptors (Lipinski definition) is 3. The highest BCUT2D eigenvalue weighted by Crippen LogP contribution is 2.48. The fourth-order valence-electron chi connectivity index (χ4n) is 4.13. The van der Waals surface area contributed by atoms with E-state index in [-0.39, 0.29) is 11.8 Å². The van der Waals surface area contributed by atoms with Gasteiger partial charge in [-0.25, -0.2) is 0 Å². The average molecular weight is 330 g/mol. The molecule has 1 aromatic rings. The molecule has 0 saturated heterocycles. The number of nitrogens with two attached hydrogens (primary N) is 1. The summed E-state index contributed by atoms with van der Waals surface area (Å²) < 4.78 is 0. The predicted molar refractivity (Wildman–Crippen MR) is 98.4 cm³/mol. The maximum atomic E-state index is 11.1. The van der Waals surface area contributed by atoms with Gasteiger partial charge < -0.3 is 15.7 Å². The standard InChI is InChI=1S/C20H30N2O2/c1-13(2)12-22(15-6-4-3-5-7-15)19-9-8-14(10-18(19)21)16-11-17(16)20(23)24/h8-10,13,15-17H,3-7,11-12,21H2,1-2H3,(H,23,24). The topological polar surface area (TPSA) is 66.6 Å². The number of aliphatic carboxylic acids is 1. The van der Waals surface area contributed by atoms with Crippen LogP contribution in [0.1, 0.15) is 63.9 Å². The van der Waals surface area contributed by atoms with Gasteiger partial charge in [-0.3, -0.25) is 4.79 Å². The first kappa shape index (κ1) is 17.1.